The van der Waals surface area contributed by atoms with Crippen LogP contribution < -0.4 is 0 Å². The van der Waals surface area contributed by atoms with E-state index in [0.29, 0.717) is 5.56 Å². The average Bonchev–Trinajstić information content (AvgIpc) is 3.96. The van der Waals surface area contributed by atoms with E-state index in [1.807, 2.05) is 71.3 Å². The summed E-state index contributed by atoms with van der Waals surface area (Å²) in [5, 5.41) is 4.07. The van der Waals surface area contributed by atoms with Crippen LogP contribution in [0.25, 0.3) is 123 Å². The van der Waals surface area contributed by atoms with Crippen molar-refractivity contribution in [3.8, 4) is 78.9 Å². The Labute approximate surface area is 400 Å². The quantitative estimate of drug-likeness (QED) is 0.153. The normalized spacial score (nSPS) is 12.6. The summed E-state index contributed by atoms with van der Waals surface area (Å²) < 4.78 is 48.5. The van der Waals surface area contributed by atoms with Crippen molar-refractivity contribution < 1.29 is 6.85 Å². The van der Waals surface area contributed by atoms with E-state index in [4.69, 9.17) is 19.1 Å². The Morgan fingerprint density at radius 1 is 0.294 bits per heavy atom. The van der Waals surface area contributed by atoms with Crippen LogP contribution in [-0.2, 0) is 0 Å². The van der Waals surface area contributed by atoms with E-state index < -0.39 is 30.2 Å². The Morgan fingerprint density at radius 2 is 0.662 bits per heavy atom. The highest BCUT2D eigenvalue weighted by atomic mass is 15.2. The van der Waals surface area contributed by atoms with Crippen LogP contribution in [0.5, 0.6) is 0 Å². The first kappa shape index (κ1) is 34.2. The van der Waals surface area contributed by atoms with Gasteiger partial charge in [0.25, 0.3) is 0 Å². The molecule has 0 saturated heterocycles. The summed E-state index contributed by atoms with van der Waals surface area (Å²) in [7, 11) is 0. The smallest absolute Gasteiger partial charge is 0.238 e. The van der Waals surface area contributed by atoms with Gasteiger partial charge in [0, 0.05) is 32.7 Å². The fraction of sp³-hybridized carbons (Fsp3) is 0. The first-order chi connectivity index (χ1) is 35.8. The summed E-state index contributed by atoms with van der Waals surface area (Å²) in [5.74, 6) is 0.436. The molecule has 0 aliphatic heterocycles. The third-order valence-corrected chi connectivity index (χ3v) is 12.9. The molecular formula is C63H41N5. The zero-order valence-corrected chi connectivity index (χ0v) is 36.5. The van der Waals surface area contributed by atoms with Gasteiger partial charge < -0.3 is 4.57 Å². The number of rotatable bonds is 8. The minimum absolute atomic E-state index is 0.0501. The maximum Gasteiger partial charge on any atom is 0.238 e. The van der Waals surface area contributed by atoms with Gasteiger partial charge in [-0.15, -0.1) is 0 Å². The van der Waals surface area contributed by atoms with Crippen LogP contribution in [0.1, 0.15) is 6.85 Å². The molecule has 0 fully saturated rings. The number of nitrogens with zero attached hydrogens (tertiary/aromatic N) is 5. The number of benzene rings is 10. The molecule has 3 aromatic heterocycles. The van der Waals surface area contributed by atoms with Gasteiger partial charge in [0.05, 0.1) is 34.6 Å². The van der Waals surface area contributed by atoms with Crippen LogP contribution in [0.15, 0.2) is 249 Å². The van der Waals surface area contributed by atoms with Gasteiger partial charge >= 0.3 is 0 Å². The Balaban J connectivity index is 1.09. The summed E-state index contributed by atoms with van der Waals surface area (Å²) in [6.07, 6.45) is 0. The molecule has 0 spiro atoms. The topological polar surface area (TPSA) is 48.5 Å². The first-order valence-corrected chi connectivity index (χ1v) is 22.6. The van der Waals surface area contributed by atoms with Gasteiger partial charge in [0.2, 0.25) is 5.95 Å². The van der Waals surface area contributed by atoms with Crippen LogP contribution in [0.2, 0.25) is 0 Å². The second-order valence-corrected chi connectivity index (χ2v) is 16.9. The van der Waals surface area contributed by atoms with E-state index in [1.165, 1.54) is 0 Å². The molecule has 3 heterocycles. The molecule has 0 atom stereocenters. The third-order valence-electron chi connectivity index (χ3n) is 12.9. The van der Waals surface area contributed by atoms with Crippen molar-refractivity contribution in [3.63, 3.8) is 0 Å². The Morgan fingerprint density at radius 3 is 1.09 bits per heavy atom. The van der Waals surface area contributed by atoms with E-state index in [0.717, 1.165) is 93.8 Å². The minimum atomic E-state index is -0.498. The van der Waals surface area contributed by atoms with Gasteiger partial charge in [0.1, 0.15) is 0 Å². The molecule has 5 heteroatoms. The highest BCUT2D eigenvalue weighted by Crippen LogP contribution is 2.41. The lowest BCUT2D eigenvalue weighted by molar-refractivity contribution is 0.951. The van der Waals surface area contributed by atoms with Crippen LogP contribution in [0, 0.1) is 0 Å². The van der Waals surface area contributed by atoms with Gasteiger partial charge in [-0.05, 0) is 105 Å². The second kappa shape index (κ2) is 16.4. The van der Waals surface area contributed by atoms with Crippen molar-refractivity contribution in [2.24, 2.45) is 0 Å². The van der Waals surface area contributed by atoms with Gasteiger partial charge in [-0.1, -0.05) is 188 Å². The summed E-state index contributed by atoms with van der Waals surface area (Å²) >= 11 is 0. The predicted octanol–water partition coefficient (Wildman–Crippen LogP) is 16.1. The highest BCUT2D eigenvalue weighted by molar-refractivity contribution is 6.13. The van der Waals surface area contributed by atoms with Crippen molar-refractivity contribution in [3.05, 3.63) is 249 Å². The fourth-order valence-electron chi connectivity index (χ4n) is 9.68. The Kier molecular flexibility index (Phi) is 8.22. The molecule has 0 bridgehead atoms. The molecule has 0 radical (unpaired) electrons. The van der Waals surface area contributed by atoms with Crippen LogP contribution in [0.3, 0.4) is 0 Å². The lowest BCUT2D eigenvalue weighted by Crippen LogP contribution is -2.07. The number of para-hydroxylation sites is 1. The molecule has 0 saturated carbocycles. The van der Waals surface area contributed by atoms with Crippen LogP contribution >= 0.6 is 0 Å². The molecular weight excluding hydrogens is 827 g/mol. The van der Waals surface area contributed by atoms with Crippen molar-refractivity contribution in [1.82, 2.24) is 24.1 Å². The van der Waals surface area contributed by atoms with Crippen LogP contribution in [0.4, 0.5) is 0 Å². The maximum atomic E-state index is 9.18. The first-order valence-electron chi connectivity index (χ1n) is 25.1. The number of fused-ring (bicyclic) bond motifs is 6. The lowest BCUT2D eigenvalue weighted by Gasteiger charge is -2.15. The van der Waals surface area contributed by atoms with E-state index in [1.54, 1.807) is 0 Å². The van der Waals surface area contributed by atoms with E-state index in [-0.39, 0.29) is 23.2 Å². The van der Waals surface area contributed by atoms with Crippen molar-refractivity contribution in [1.29, 1.82) is 0 Å². The average molecular weight is 873 g/mol. The molecule has 10 aromatic carbocycles. The molecule has 318 valence electrons. The van der Waals surface area contributed by atoms with Crippen molar-refractivity contribution in [2.45, 2.75) is 0 Å². The summed E-state index contributed by atoms with van der Waals surface area (Å²) in [6, 6.07) is 72.9. The van der Waals surface area contributed by atoms with Gasteiger partial charge in [-0.2, -0.15) is 9.97 Å². The predicted molar refractivity (Wildman–Crippen MR) is 281 cm³/mol. The number of aromatic nitrogens is 5. The largest absolute Gasteiger partial charge is 0.309 e. The minimum Gasteiger partial charge on any atom is -0.309 e. The summed E-state index contributed by atoms with van der Waals surface area (Å²) in [4.78, 5) is 15.6. The molecule has 0 aliphatic carbocycles. The number of hydrogen-bond donors (Lipinski definition) is 0. The summed E-state index contributed by atoms with van der Waals surface area (Å²) in [6.45, 7) is 0. The van der Waals surface area contributed by atoms with E-state index in [2.05, 4.69) is 156 Å². The molecule has 0 aliphatic rings. The maximum absolute atomic E-state index is 9.18. The molecule has 5 nitrogen and oxygen atoms in total. The zero-order valence-electron chi connectivity index (χ0n) is 41.5. The van der Waals surface area contributed by atoms with Crippen molar-refractivity contribution >= 4 is 43.6 Å². The van der Waals surface area contributed by atoms with Gasteiger partial charge in [-0.25, -0.2) is 4.98 Å². The molecule has 0 amide bonds. The monoisotopic (exact) mass is 872 g/mol. The zero-order chi connectivity index (χ0) is 49.3. The summed E-state index contributed by atoms with van der Waals surface area (Å²) in [5.41, 5.74) is 13.5. The van der Waals surface area contributed by atoms with Gasteiger partial charge in [0.15, 0.2) is 11.6 Å². The lowest BCUT2D eigenvalue weighted by atomic mass is 10.0. The van der Waals surface area contributed by atoms with Crippen LogP contribution in [-0.4, -0.2) is 24.1 Å². The number of hydrogen-bond acceptors (Lipinski definition) is 3. The second-order valence-electron chi connectivity index (χ2n) is 16.9. The fourth-order valence-corrected chi connectivity index (χ4v) is 9.68. The molecule has 0 unspecified atom stereocenters. The molecule has 13 rings (SSSR count). The molecule has 0 N–H and O–H groups in total. The van der Waals surface area contributed by atoms with Gasteiger partial charge in [-0.3, -0.25) is 4.57 Å². The van der Waals surface area contributed by atoms with E-state index in [9.17, 15) is 2.74 Å². The Hall–Kier alpha value is -9.19. The standard InChI is InChI=1S/C63H41N5/c1-6-18-42(19-7-1)47-30-34-57-52(38-47)53-39-48(43-20-8-2-9-21-43)31-35-58(53)67(57)56-29-17-16-28-51(56)62-64-61(46-26-14-5-15-27-46)65-63(66-62)68-59-36-32-49(44-22-10-3-11-23-44)40-54(59)55-41-50(33-37-60(55)68)45-24-12-4-13-25-45/h1-41H/i5D,14D,15D,26D,27D. The van der Waals surface area contributed by atoms with E-state index >= 15 is 0 Å². The molecule has 68 heavy (non-hydrogen) atoms. The van der Waals surface area contributed by atoms with Crippen molar-refractivity contribution in [2.75, 3.05) is 0 Å². The third kappa shape index (κ3) is 6.76. The SMILES string of the molecule is [2H]c1c([2H])c([2H])c(-c2nc(-c3ccccc3-n3c4ccc(-c5ccccc5)cc4c4cc(-c5ccccc5)ccc43)nc(-n3c4ccc(-c5ccccc5)cc4c4cc(-c5ccccc5)ccc43)n2)c([2H])c1[2H]. The Bertz CT molecular complexity index is 4090. The molecule has 13 aromatic rings. The highest BCUT2D eigenvalue weighted by Gasteiger charge is 2.23.